The molecule has 0 heterocycles. The highest BCUT2D eigenvalue weighted by Crippen LogP contribution is 2.66. The van der Waals surface area contributed by atoms with Crippen LogP contribution < -0.4 is 0 Å². The van der Waals surface area contributed by atoms with E-state index < -0.39 is 11.4 Å². The van der Waals surface area contributed by atoms with Gasteiger partial charge in [-0.3, -0.25) is 9.59 Å². The van der Waals surface area contributed by atoms with E-state index in [0.29, 0.717) is 12.8 Å². The molecule has 14 heavy (non-hydrogen) atoms. The number of rotatable bonds is 1. The van der Waals surface area contributed by atoms with Gasteiger partial charge in [-0.15, -0.1) is 0 Å². The Hall–Kier alpha value is -1.12. The molecule has 74 valence electrons. The fourth-order valence-corrected chi connectivity index (χ4v) is 3.47. The third-order valence-electron chi connectivity index (χ3n) is 4.18. The Kier molecular flexibility index (Phi) is 1.23. The van der Waals surface area contributed by atoms with Gasteiger partial charge in [0.2, 0.25) is 0 Å². The average molecular weight is 192 g/mol. The van der Waals surface area contributed by atoms with E-state index in [1.165, 1.54) is 5.57 Å². The summed E-state index contributed by atoms with van der Waals surface area (Å²) in [6, 6.07) is 0. The van der Waals surface area contributed by atoms with Crippen LogP contribution in [0.15, 0.2) is 11.6 Å². The van der Waals surface area contributed by atoms with Crippen LogP contribution in [-0.4, -0.2) is 16.9 Å². The summed E-state index contributed by atoms with van der Waals surface area (Å²) in [7, 11) is 0. The highest BCUT2D eigenvalue weighted by Gasteiger charge is 2.67. The van der Waals surface area contributed by atoms with E-state index in [-0.39, 0.29) is 23.5 Å². The molecule has 1 N–H and O–H groups in total. The Morgan fingerprint density at radius 2 is 2.36 bits per heavy atom. The third kappa shape index (κ3) is 0.636. The molecule has 4 unspecified atom stereocenters. The summed E-state index contributed by atoms with van der Waals surface area (Å²) in [4.78, 5) is 22.9. The van der Waals surface area contributed by atoms with Crippen LogP contribution in [-0.2, 0) is 9.59 Å². The zero-order valence-corrected chi connectivity index (χ0v) is 7.99. The summed E-state index contributed by atoms with van der Waals surface area (Å²) >= 11 is 0. The van der Waals surface area contributed by atoms with Gasteiger partial charge in [0.05, 0.1) is 5.41 Å². The monoisotopic (exact) mass is 192 g/mol. The average Bonchev–Trinajstić information content (AvgIpc) is 2.06. The number of carbonyl (C=O) groups is 2. The summed E-state index contributed by atoms with van der Waals surface area (Å²) in [5.74, 6) is -0.549. The van der Waals surface area contributed by atoms with E-state index in [9.17, 15) is 14.7 Å². The molecule has 2 saturated carbocycles. The highest BCUT2D eigenvalue weighted by molar-refractivity contribution is 5.94. The molecule has 3 nitrogen and oxygen atoms in total. The smallest absolute Gasteiger partial charge is 0.310 e. The van der Waals surface area contributed by atoms with E-state index in [4.69, 9.17) is 0 Å². The number of aliphatic carboxylic acids is 1. The number of carbonyl (C=O) groups excluding carboxylic acids is 1. The van der Waals surface area contributed by atoms with Crippen LogP contribution in [0.4, 0.5) is 0 Å². The van der Waals surface area contributed by atoms with Crippen molar-refractivity contribution >= 4 is 11.8 Å². The van der Waals surface area contributed by atoms with Crippen LogP contribution in [0.2, 0.25) is 0 Å². The summed E-state index contributed by atoms with van der Waals surface area (Å²) in [6.07, 6.45) is 3.20. The van der Waals surface area contributed by atoms with Crippen molar-refractivity contribution in [3.8, 4) is 0 Å². The van der Waals surface area contributed by atoms with Gasteiger partial charge in [-0.2, -0.15) is 0 Å². The molecular weight excluding hydrogens is 180 g/mol. The first-order valence-corrected chi connectivity index (χ1v) is 5.04. The molecule has 0 aromatic rings. The Labute approximate surface area is 81.8 Å². The molecular formula is C11H12O3. The number of carboxylic acids is 1. The summed E-state index contributed by atoms with van der Waals surface area (Å²) < 4.78 is 0. The van der Waals surface area contributed by atoms with Crippen molar-refractivity contribution in [2.75, 3.05) is 0 Å². The van der Waals surface area contributed by atoms with Gasteiger partial charge in [-0.25, -0.2) is 0 Å². The van der Waals surface area contributed by atoms with Crippen molar-refractivity contribution in [3.05, 3.63) is 11.6 Å². The second-order valence-electron chi connectivity index (χ2n) is 4.89. The molecule has 3 aliphatic rings. The lowest BCUT2D eigenvalue weighted by atomic mass is 9.40. The maximum Gasteiger partial charge on any atom is 0.310 e. The number of allylic oxidation sites excluding steroid dienone is 2. The molecule has 3 aliphatic carbocycles. The lowest BCUT2D eigenvalue weighted by Gasteiger charge is -2.60. The van der Waals surface area contributed by atoms with Gasteiger partial charge in [-0.05, 0) is 12.8 Å². The Morgan fingerprint density at radius 3 is 2.93 bits per heavy atom. The fourth-order valence-electron chi connectivity index (χ4n) is 3.47. The van der Waals surface area contributed by atoms with Crippen molar-refractivity contribution in [2.24, 2.45) is 23.2 Å². The fraction of sp³-hybridized carbons (Fsp3) is 0.636. The van der Waals surface area contributed by atoms with Crippen molar-refractivity contribution < 1.29 is 14.7 Å². The first-order chi connectivity index (χ1) is 6.56. The van der Waals surface area contributed by atoms with Crippen LogP contribution in [0.5, 0.6) is 0 Å². The minimum atomic E-state index is -0.705. The molecule has 3 rings (SSSR count). The second-order valence-corrected chi connectivity index (χ2v) is 4.89. The van der Waals surface area contributed by atoms with Gasteiger partial charge < -0.3 is 5.11 Å². The number of carboxylic acid groups (broad SMARTS) is 1. The van der Waals surface area contributed by atoms with Crippen LogP contribution >= 0.6 is 0 Å². The van der Waals surface area contributed by atoms with Crippen molar-refractivity contribution in [2.45, 2.75) is 19.8 Å². The van der Waals surface area contributed by atoms with Gasteiger partial charge in [0.25, 0.3) is 0 Å². The van der Waals surface area contributed by atoms with Gasteiger partial charge in [0.1, 0.15) is 5.78 Å². The largest absolute Gasteiger partial charge is 0.481 e. The normalized spacial score (nSPS) is 48.5. The maximum absolute atomic E-state index is 11.7. The van der Waals surface area contributed by atoms with Crippen LogP contribution in [0.3, 0.4) is 0 Å². The number of ketones is 1. The molecule has 0 saturated heterocycles. The topological polar surface area (TPSA) is 54.4 Å². The Morgan fingerprint density at radius 1 is 1.64 bits per heavy atom. The van der Waals surface area contributed by atoms with Gasteiger partial charge in [0.15, 0.2) is 0 Å². The zero-order chi connectivity index (χ0) is 10.1. The highest BCUT2D eigenvalue weighted by atomic mass is 16.4. The number of hydrogen-bond acceptors (Lipinski definition) is 2. The zero-order valence-electron chi connectivity index (χ0n) is 7.99. The van der Waals surface area contributed by atoms with E-state index in [1.807, 2.05) is 13.0 Å². The Bertz CT molecular complexity index is 382. The minimum absolute atomic E-state index is 0.0590. The predicted molar refractivity (Wildman–Crippen MR) is 48.5 cm³/mol. The predicted octanol–water partition coefficient (Wildman–Crippen LogP) is 1.24. The molecule has 4 atom stereocenters. The molecule has 0 bridgehead atoms. The summed E-state index contributed by atoms with van der Waals surface area (Å²) in [6.45, 7) is 1.85. The minimum Gasteiger partial charge on any atom is -0.481 e. The van der Waals surface area contributed by atoms with Gasteiger partial charge >= 0.3 is 5.97 Å². The SMILES string of the molecule is CC1CC2(C(=O)O)CC3=CC(C1=O)C32. The lowest BCUT2D eigenvalue weighted by molar-refractivity contribution is -0.169. The van der Waals surface area contributed by atoms with Crippen LogP contribution in [0, 0.1) is 23.2 Å². The quantitative estimate of drug-likeness (QED) is 0.636. The molecule has 0 aromatic heterocycles. The Balaban J connectivity index is 2.03. The van der Waals surface area contributed by atoms with Crippen molar-refractivity contribution in [1.82, 2.24) is 0 Å². The number of hydrogen-bond donors (Lipinski definition) is 1. The van der Waals surface area contributed by atoms with E-state index in [0.717, 1.165) is 0 Å². The first-order valence-electron chi connectivity index (χ1n) is 5.04. The second kappa shape index (κ2) is 2.10. The van der Waals surface area contributed by atoms with E-state index in [1.54, 1.807) is 0 Å². The maximum atomic E-state index is 11.7. The molecule has 3 heteroatoms. The summed E-state index contributed by atoms with van der Waals surface area (Å²) in [5, 5.41) is 9.22. The van der Waals surface area contributed by atoms with Crippen molar-refractivity contribution in [1.29, 1.82) is 0 Å². The molecule has 0 radical (unpaired) electrons. The van der Waals surface area contributed by atoms with Crippen LogP contribution in [0.1, 0.15) is 19.8 Å². The standard InChI is InChI=1S/C11H12O3/c1-5-3-11(10(13)14)4-6-2-7(8(6)11)9(5)12/h2,5,7-8H,3-4H2,1H3,(H,13,14). The van der Waals surface area contributed by atoms with E-state index >= 15 is 0 Å². The van der Waals surface area contributed by atoms with Gasteiger partial charge in [-0.1, -0.05) is 18.6 Å². The molecule has 0 aromatic carbocycles. The molecule has 0 aliphatic heterocycles. The molecule has 2 fully saturated rings. The molecule has 0 spiro atoms. The van der Waals surface area contributed by atoms with Gasteiger partial charge in [0, 0.05) is 17.8 Å². The summed E-state index contributed by atoms with van der Waals surface area (Å²) in [5.41, 5.74) is 0.625. The first kappa shape index (κ1) is 8.21. The number of Topliss-reactive ketones (excluding diaryl/α,β-unsaturated/α-hetero) is 1. The van der Waals surface area contributed by atoms with Crippen molar-refractivity contribution in [3.63, 3.8) is 0 Å². The lowest BCUT2D eigenvalue weighted by Crippen LogP contribution is -2.62. The third-order valence-corrected chi connectivity index (χ3v) is 4.18. The van der Waals surface area contributed by atoms with Crippen LogP contribution in [0.25, 0.3) is 0 Å². The van der Waals surface area contributed by atoms with E-state index in [2.05, 4.69) is 0 Å². The molecule has 0 amide bonds.